The highest BCUT2D eigenvalue weighted by molar-refractivity contribution is 7.91. The van der Waals surface area contributed by atoms with Gasteiger partial charge in [0, 0.05) is 11.9 Å². The van der Waals surface area contributed by atoms with Gasteiger partial charge in [-0.1, -0.05) is 6.92 Å². The predicted molar refractivity (Wildman–Crippen MR) is 98.3 cm³/mol. The normalized spacial score (nSPS) is 13.4. The Bertz CT molecular complexity index is 1470. The number of pyridine rings is 1. The van der Waals surface area contributed by atoms with E-state index in [4.69, 9.17) is 0 Å². The minimum absolute atomic E-state index is 0.187. The smallest absolute Gasteiger partial charge is 0.262 e. The zero-order chi connectivity index (χ0) is 23.6. The fourth-order valence-corrected chi connectivity index (χ4v) is 4.35. The van der Waals surface area contributed by atoms with Gasteiger partial charge in [-0.2, -0.15) is 13.2 Å². The lowest BCUT2D eigenvalue weighted by molar-refractivity contribution is -0.200. The lowest BCUT2D eigenvalue weighted by Gasteiger charge is -2.13. The molecule has 0 aromatic carbocycles. The van der Waals surface area contributed by atoms with Gasteiger partial charge < -0.3 is 0 Å². The van der Waals surface area contributed by atoms with Crippen LogP contribution in [0.4, 0.5) is 26.3 Å². The molecule has 0 aliphatic carbocycles. The number of hydrogen-bond acceptors (Lipinski definition) is 6. The fourth-order valence-electron chi connectivity index (χ4n) is 3.19. The number of nitrogens with zero attached hydrogens (tertiary/aromatic N) is 6. The highest BCUT2D eigenvalue weighted by Crippen LogP contribution is 2.38. The molecule has 0 spiro atoms. The fraction of sp³-hybridized carbons (Fsp3) is 0.294. The van der Waals surface area contributed by atoms with Crippen molar-refractivity contribution in [3.8, 4) is 11.5 Å². The van der Waals surface area contributed by atoms with E-state index in [1.165, 1.54) is 19.1 Å². The van der Waals surface area contributed by atoms with E-state index in [1.54, 1.807) is 0 Å². The first-order valence-corrected chi connectivity index (χ1v) is 10.5. The predicted octanol–water partition coefficient (Wildman–Crippen LogP) is 3.74. The molecule has 15 heteroatoms. The van der Waals surface area contributed by atoms with Gasteiger partial charge in [-0.3, -0.25) is 4.40 Å². The maximum Gasteiger partial charge on any atom is 0.491 e. The maximum atomic E-state index is 14.0. The number of aromatic nitrogens is 6. The van der Waals surface area contributed by atoms with Crippen molar-refractivity contribution in [3.05, 3.63) is 35.8 Å². The molecule has 0 N–H and O–H groups in total. The number of rotatable bonds is 3. The summed E-state index contributed by atoms with van der Waals surface area (Å²) < 4.78 is 108. The van der Waals surface area contributed by atoms with Gasteiger partial charge in [0.05, 0.1) is 5.75 Å². The van der Waals surface area contributed by atoms with E-state index in [0.717, 1.165) is 13.1 Å². The van der Waals surface area contributed by atoms with Crippen LogP contribution in [-0.4, -0.2) is 43.1 Å². The lowest BCUT2D eigenvalue weighted by Crippen LogP contribution is -2.20. The van der Waals surface area contributed by atoms with Gasteiger partial charge >= 0.3 is 12.5 Å². The summed E-state index contributed by atoms with van der Waals surface area (Å²) in [4.78, 5) is 15.0. The first kappa shape index (κ1) is 22.0. The second-order valence-electron chi connectivity index (χ2n) is 6.67. The molecule has 0 aliphatic heterocycles. The van der Waals surface area contributed by atoms with Gasteiger partial charge in [-0.15, -0.1) is 13.2 Å². The number of halogens is 6. The van der Waals surface area contributed by atoms with Crippen molar-refractivity contribution in [2.75, 3.05) is 5.75 Å². The molecule has 0 saturated heterocycles. The summed E-state index contributed by atoms with van der Waals surface area (Å²) in [5, 5.41) is -1.09. The minimum atomic E-state index is -5.13. The third-order valence-electron chi connectivity index (χ3n) is 4.55. The van der Waals surface area contributed by atoms with Crippen molar-refractivity contribution in [1.82, 2.24) is 28.9 Å². The van der Waals surface area contributed by atoms with Crippen LogP contribution in [0.15, 0.2) is 29.4 Å². The Hall–Kier alpha value is -3.23. The second-order valence-corrected chi connectivity index (χ2v) is 8.86. The van der Waals surface area contributed by atoms with E-state index >= 15 is 0 Å². The van der Waals surface area contributed by atoms with Crippen molar-refractivity contribution < 1.29 is 34.8 Å². The second kappa shape index (κ2) is 6.88. The number of alkyl halides is 6. The molecule has 8 nitrogen and oxygen atoms in total. The van der Waals surface area contributed by atoms with Crippen LogP contribution >= 0.6 is 0 Å². The van der Waals surface area contributed by atoms with Crippen molar-refractivity contribution in [2.45, 2.75) is 31.3 Å². The van der Waals surface area contributed by atoms with Crippen LogP contribution < -0.4 is 0 Å². The molecule has 0 atom stereocenters. The van der Waals surface area contributed by atoms with Gasteiger partial charge in [0.2, 0.25) is 5.78 Å². The zero-order valence-electron chi connectivity index (χ0n) is 16.2. The van der Waals surface area contributed by atoms with Crippen LogP contribution in [0.3, 0.4) is 0 Å². The molecule has 4 rings (SSSR count). The quantitative estimate of drug-likeness (QED) is 0.417. The Kier molecular flexibility index (Phi) is 4.73. The molecule has 32 heavy (non-hydrogen) atoms. The van der Waals surface area contributed by atoms with Crippen LogP contribution in [0.25, 0.3) is 28.5 Å². The lowest BCUT2D eigenvalue weighted by atomic mass is 10.3. The third-order valence-corrected chi connectivity index (χ3v) is 6.28. The van der Waals surface area contributed by atoms with E-state index in [-0.39, 0.29) is 20.2 Å². The summed E-state index contributed by atoms with van der Waals surface area (Å²) in [6.45, 7) is 2.57. The molecule has 170 valence electrons. The van der Waals surface area contributed by atoms with Gasteiger partial charge in [0.1, 0.15) is 16.9 Å². The van der Waals surface area contributed by atoms with Crippen LogP contribution in [-0.2, 0) is 22.3 Å². The third kappa shape index (κ3) is 3.36. The Balaban J connectivity index is 2.23. The number of imidazole rings is 2. The molecule has 0 radical (unpaired) electrons. The van der Waals surface area contributed by atoms with E-state index in [2.05, 4.69) is 19.9 Å². The maximum absolute atomic E-state index is 14.0. The molecule has 0 unspecified atom stereocenters. The Morgan fingerprint density at radius 2 is 1.69 bits per heavy atom. The summed E-state index contributed by atoms with van der Waals surface area (Å²) in [6.07, 6.45) is -9.44. The Morgan fingerprint density at radius 1 is 1.00 bits per heavy atom. The molecule has 0 saturated carbocycles. The highest BCUT2D eigenvalue weighted by Gasteiger charge is 2.42. The molecule has 4 aromatic rings. The van der Waals surface area contributed by atoms with Gasteiger partial charge in [0.25, 0.3) is 0 Å². The van der Waals surface area contributed by atoms with Gasteiger partial charge in [-0.05, 0) is 25.1 Å². The van der Waals surface area contributed by atoms with E-state index in [9.17, 15) is 34.8 Å². The van der Waals surface area contributed by atoms with Crippen LogP contribution in [0.1, 0.15) is 18.3 Å². The van der Waals surface area contributed by atoms with Crippen LogP contribution in [0.5, 0.6) is 0 Å². The average molecular weight is 478 g/mol. The molecule has 0 fully saturated rings. The van der Waals surface area contributed by atoms with E-state index in [0.29, 0.717) is 6.07 Å². The largest absolute Gasteiger partial charge is 0.491 e. The summed E-state index contributed by atoms with van der Waals surface area (Å²) in [7, 11) is -4.53. The van der Waals surface area contributed by atoms with Gasteiger partial charge in [-0.25, -0.2) is 32.9 Å². The molecular formula is C17H12F6N6O2S. The summed E-state index contributed by atoms with van der Waals surface area (Å²) in [6, 6.07) is 3.12. The average Bonchev–Trinajstić information content (AvgIpc) is 3.24. The molecule has 0 aliphatic rings. The topological polar surface area (TPSA) is 95.0 Å². The number of fused-ring (bicyclic) bond motifs is 2. The first-order valence-electron chi connectivity index (χ1n) is 8.86. The monoisotopic (exact) mass is 478 g/mol. The van der Waals surface area contributed by atoms with Crippen molar-refractivity contribution in [2.24, 2.45) is 0 Å². The number of sulfone groups is 1. The van der Waals surface area contributed by atoms with Crippen molar-refractivity contribution >= 4 is 26.8 Å². The standard InChI is InChI=1S/C17H12F6N6O2S/c1-3-32(30,31)14-11(27-15-24-7-6-10(28(14)15)16(18,19)20)13-26-9-5-4-8(2)25-12(9)29(13)17(21,22)23/h4-7H,3H2,1-2H3. The Morgan fingerprint density at radius 3 is 2.28 bits per heavy atom. The summed E-state index contributed by atoms with van der Waals surface area (Å²) in [5.41, 5.74) is -3.05. The van der Waals surface area contributed by atoms with E-state index in [1.807, 2.05) is 0 Å². The molecule has 0 bridgehead atoms. The molecular weight excluding hydrogens is 466 g/mol. The van der Waals surface area contributed by atoms with Crippen molar-refractivity contribution in [3.63, 3.8) is 0 Å². The van der Waals surface area contributed by atoms with Crippen LogP contribution in [0.2, 0.25) is 0 Å². The molecule has 4 heterocycles. The number of aryl methyl sites for hydroxylation is 1. The highest BCUT2D eigenvalue weighted by atomic mass is 32.2. The SMILES string of the molecule is CCS(=O)(=O)c1c(-c2nc3ccc(C)nc3n2C(F)(F)F)nc2nccc(C(F)(F)F)n12. The molecule has 4 aromatic heterocycles. The van der Waals surface area contributed by atoms with Crippen molar-refractivity contribution in [1.29, 1.82) is 0 Å². The van der Waals surface area contributed by atoms with E-state index < -0.39 is 61.7 Å². The van der Waals surface area contributed by atoms with Gasteiger partial charge in [0.15, 0.2) is 26.3 Å². The summed E-state index contributed by atoms with van der Waals surface area (Å²) in [5.74, 6) is -2.47. The zero-order valence-corrected chi connectivity index (χ0v) is 17.0. The summed E-state index contributed by atoms with van der Waals surface area (Å²) >= 11 is 0. The minimum Gasteiger partial charge on any atom is -0.262 e. The first-order chi connectivity index (χ1) is 14.8. The molecule has 0 amide bonds. The van der Waals surface area contributed by atoms with Crippen LogP contribution in [0, 0.1) is 6.92 Å². The number of hydrogen-bond donors (Lipinski definition) is 0. The Labute approximate surface area is 175 Å².